The van der Waals surface area contributed by atoms with Crippen LogP contribution in [-0.2, 0) is 14.9 Å². The van der Waals surface area contributed by atoms with Gasteiger partial charge in [-0.3, -0.25) is 9.59 Å². The molecule has 2 amide bonds. The van der Waals surface area contributed by atoms with Crippen LogP contribution in [0.25, 0.3) is 0 Å². The van der Waals surface area contributed by atoms with Gasteiger partial charge in [-0.15, -0.1) is 0 Å². The van der Waals surface area contributed by atoms with Gasteiger partial charge in [0.2, 0.25) is 12.7 Å². The molecule has 168 valence electrons. The van der Waals surface area contributed by atoms with E-state index in [2.05, 4.69) is 23.6 Å². The molecule has 0 aromatic heterocycles. The van der Waals surface area contributed by atoms with Crippen LogP contribution in [0.4, 0.5) is 5.69 Å². The van der Waals surface area contributed by atoms with Crippen LogP contribution in [0.15, 0.2) is 42.5 Å². The Bertz CT molecular complexity index is 1010. The SMILES string of the molecule is C[C@@H]1C[C@@H]1C(=O)Nc1ccc(C(=O)NCC2(c3ccc4c(c3)OCO4)CCOCC2)cc1. The molecule has 2 atom stereocenters. The third-order valence-electron chi connectivity index (χ3n) is 6.88. The second-order valence-electron chi connectivity index (χ2n) is 9.03. The van der Waals surface area contributed by atoms with Crippen molar-refractivity contribution in [2.75, 3.05) is 31.9 Å². The Hall–Kier alpha value is -3.06. The number of ether oxygens (including phenoxy) is 3. The standard InChI is InChI=1S/C25H28N2O5/c1-16-12-20(16)24(29)27-19-5-2-17(3-6-19)23(28)26-14-25(8-10-30-11-9-25)18-4-7-21-22(13-18)32-15-31-21/h2-7,13,16,20H,8-12,14-15H2,1H3,(H,26,28)(H,27,29)/t16-,20+/m1/s1. The van der Waals surface area contributed by atoms with Crippen molar-refractivity contribution < 1.29 is 23.8 Å². The van der Waals surface area contributed by atoms with Crippen molar-refractivity contribution in [3.8, 4) is 11.5 Å². The quantitative estimate of drug-likeness (QED) is 0.724. The second-order valence-corrected chi connectivity index (χ2v) is 9.03. The monoisotopic (exact) mass is 436 g/mol. The molecular formula is C25H28N2O5. The van der Waals surface area contributed by atoms with Gasteiger partial charge in [-0.25, -0.2) is 0 Å². The normalized spacial score (nSPS) is 22.8. The zero-order valence-corrected chi connectivity index (χ0v) is 18.2. The molecule has 0 spiro atoms. The minimum atomic E-state index is -0.218. The molecule has 7 heteroatoms. The molecule has 2 aromatic rings. The molecule has 32 heavy (non-hydrogen) atoms. The highest BCUT2D eigenvalue weighted by Crippen LogP contribution is 2.41. The second kappa shape index (κ2) is 8.47. The van der Waals surface area contributed by atoms with Crippen molar-refractivity contribution in [3.63, 3.8) is 0 Å². The number of rotatable bonds is 6. The molecule has 2 aliphatic heterocycles. The van der Waals surface area contributed by atoms with E-state index in [4.69, 9.17) is 14.2 Å². The highest BCUT2D eigenvalue weighted by atomic mass is 16.7. The maximum atomic E-state index is 12.9. The summed E-state index contributed by atoms with van der Waals surface area (Å²) in [6.07, 6.45) is 2.58. The zero-order valence-electron chi connectivity index (χ0n) is 18.2. The lowest BCUT2D eigenvalue weighted by Gasteiger charge is -2.38. The van der Waals surface area contributed by atoms with Crippen molar-refractivity contribution in [2.45, 2.75) is 31.6 Å². The number of hydrogen-bond donors (Lipinski definition) is 2. The van der Waals surface area contributed by atoms with E-state index < -0.39 is 0 Å². The average molecular weight is 437 g/mol. The number of carbonyl (C=O) groups is 2. The number of benzene rings is 2. The van der Waals surface area contributed by atoms with Gasteiger partial charge in [0, 0.05) is 42.3 Å². The van der Waals surface area contributed by atoms with Crippen LogP contribution in [-0.4, -0.2) is 38.4 Å². The molecule has 0 unspecified atom stereocenters. The van der Waals surface area contributed by atoms with Gasteiger partial charge in [0.25, 0.3) is 5.91 Å². The Labute approximate surface area is 187 Å². The molecule has 1 saturated carbocycles. The topological polar surface area (TPSA) is 85.9 Å². The van der Waals surface area contributed by atoms with E-state index in [9.17, 15) is 9.59 Å². The minimum absolute atomic E-state index is 0.0555. The summed E-state index contributed by atoms with van der Waals surface area (Å²) >= 11 is 0. The van der Waals surface area contributed by atoms with Gasteiger partial charge in [0.1, 0.15) is 0 Å². The molecule has 2 N–H and O–H groups in total. The Morgan fingerprint density at radius 2 is 1.75 bits per heavy atom. The largest absolute Gasteiger partial charge is 0.454 e. The first-order valence-electron chi connectivity index (χ1n) is 11.2. The van der Waals surface area contributed by atoms with E-state index >= 15 is 0 Å². The highest BCUT2D eigenvalue weighted by molar-refractivity contribution is 5.97. The lowest BCUT2D eigenvalue weighted by atomic mass is 9.74. The van der Waals surface area contributed by atoms with Crippen LogP contribution in [0.5, 0.6) is 11.5 Å². The van der Waals surface area contributed by atoms with E-state index in [-0.39, 0.29) is 29.9 Å². The van der Waals surface area contributed by atoms with Crippen LogP contribution >= 0.6 is 0 Å². The highest BCUT2D eigenvalue weighted by Gasteiger charge is 2.39. The number of nitrogens with one attached hydrogen (secondary N) is 2. The summed E-state index contributed by atoms with van der Waals surface area (Å²) in [5.74, 6) is 2.00. The van der Waals surface area contributed by atoms with E-state index in [0.717, 1.165) is 36.3 Å². The van der Waals surface area contributed by atoms with Crippen molar-refractivity contribution >= 4 is 17.5 Å². The molecule has 2 fully saturated rings. The van der Waals surface area contributed by atoms with E-state index in [0.29, 0.717) is 36.9 Å². The molecule has 5 rings (SSSR count). The van der Waals surface area contributed by atoms with Gasteiger partial charge in [-0.1, -0.05) is 13.0 Å². The Balaban J connectivity index is 1.25. The number of fused-ring (bicyclic) bond motifs is 1. The van der Waals surface area contributed by atoms with Gasteiger partial charge in [-0.2, -0.15) is 0 Å². The van der Waals surface area contributed by atoms with Crippen molar-refractivity contribution in [1.29, 1.82) is 0 Å². The summed E-state index contributed by atoms with van der Waals surface area (Å²) in [6.45, 7) is 4.12. The molecule has 2 aromatic carbocycles. The molecule has 1 saturated heterocycles. The summed E-state index contributed by atoms with van der Waals surface area (Å²) in [5.41, 5.74) is 2.18. The van der Waals surface area contributed by atoms with Crippen LogP contribution in [0.2, 0.25) is 0 Å². The first kappa shape index (κ1) is 20.8. The summed E-state index contributed by atoms with van der Waals surface area (Å²) < 4.78 is 16.6. The Kier molecular flexibility index (Phi) is 5.51. The van der Waals surface area contributed by atoms with E-state index in [1.165, 1.54) is 0 Å². The van der Waals surface area contributed by atoms with Gasteiger partial charge in [0.05, 0.1) is 0 Å². The molecule has 2 heterocycles. The minimum Gasteiger partial charge on any atom is -0.454 e. The van der Waals surface area contributed by atoms with Crippen LogP contribution < -0.4 is 20.1 Å². The van der Waals surface area contributed by atoms with Gasteiger partial charge < -0.3 is 24.8 Å². The lowest BCUT2D eigenvalue weighted by Crippen LogP contribution is -2.44. The maximum Gasteiger partial charge on any atom is 0.251 e. The summed E-state index contributed by atoms with van der Waals surface area (Å²) in [7, 11) is 0. The van der Waals surface area contributed by atoms with Crippen LogP contribution in [0, 0.1) is 11.8 Å². The third-order valence-corrected chi connectivity index (χ3v) is 6.88. The molecular weight excluding hydrogens is 408 g/mol. The molecule has 0 bridgehead atoms. The van der Waals surface area contributed by atoms with Crippen molar-refractivity contribution in [3.05, 3.63) is 53.6 Å². The lowest BCUT2D eigenvalue weighted by molar-refractivity contribution is -0.117. The van der Waals surface area contributed by atoms with Gasteiger partial charge >= 0.3 is 0 Å². The first-order chi connectivity index (χ1) is 15.5. The molecule has 3 aliphatic rings. The van der Waals surface area contributed by atoms with Gasteiger partial charge in [-0.05, 0) is 67.1 Å². The summed E-state index contributed by atoms with van der Waals surface area (Å²) in [5, 5.41) is 6.04. The third kappa shape index (κ3) is 4.17. The van der Waals surface area contributed by atoms with E-state index in [1.54, 1.807) is 24.3 Å². The summed E-state index contributed by atoms with van der Waals surface area (Å²) in [6, 6.07) is 13.1. The van der Waals surface area contributed by atoms with Crippen molar-refractivity contribution in [2.24, 2.45) is 11.8 Å². The summed E-state index contributed by atoms with van der Waals surface area (Å²) in [4.78, 5) is 25.0. The molecule has 1 aliphatic carbocycles. The molecule has 0 radical (unpaired) electrons. The Morgan fingerprint density at radius 3 is 2.47 bits per heavy atom. The van der Waals surface area contributed by atoms with Crippen LogP contribution in [0.3, 0.4) is 0 Å². The zero-order chi connectivity index (χ0) is 22.1. The van der Waals surface area contributed by atoms with E-state index in [1.807, 2.05) is 12.1 Å². The maximum absolute atomic E-state index is 12.9. The predicted octanol–water partition coefficient (Wildman–Crippen LogP) is 3.49. The van der Waals surface area contributed by atoms with Crippen molar-refractivity contribution in [1.82, 2.24) is 5.32 Å². The fourth-order valence-corrected chi connectivity index (χ4v) is 4.53. The fraction of sp³-hybridized carbons (Fsp3) is 0.440. The number of hydrogen-bond acceptors (Lipinski definition) is 5. The van der Waals surface area contributed by atoms with Gasteiger partial charge in [0.15, 0.2) is 11.5 Å². The predicted molar refractivity (Wildman–Crippen MR) is 119 cm³/mol. The Morgan fingerprint density at radius 1 is 1.03 bits per heavy atom. The fourth-order valence-electron chi connectivity index (χ4n) is 4.53. The number of anilines is 1. The number of carbonyl (C=O) groups excluding carboxylic acids is 2. The van der Waals surface area contributed by atoms with Crippen LogP contribution in [0.1, 0.15) is 42.1 Å². The number of amides is 2. The average Bonchev–Trinajstić information content (AvgIpc) is 3.37. The first-order valence-corrected chi connectivity index (χ1v) is 11.2. The molecule has 7 nitrogen and oxygen atoms in total. The smallest absolute Gasteiger partial charge is 0.251 e.